The molecule has 0 saturated carbocycles. The molecule has 0 fully saturated rings. The first-order valence-electron chi connectivity index (χ1n) is 14.7. The van der Waals surface area contributed by atoms with Gasteiger partial charge in [0.15, 0.2) is 5.84 Å². The summed E-state index contributed by atoms with van der Waals surface area (Å²) in [6.45, 7) is 0. The summed E-state index contributed by atoms with van der Waals surface area (Å²) in [6.07, 6.45) is 4.47. The van der Waals surface area contributed by atoms with Crippen LogP contribution in [0.1, 0.15) is 28.3 Å². The second kappa shape index (κ2) is 9.49. The average molecular weight is 569 g/mol. The summed E-state index contributed by atoms with van der Waals surface area (Å²) in [5.41, 5.74) is 7.72. The van der Waals surface area contributed by atoms with E-state index in [2.05, 4.69) is 127 Å². The lowest BCUT2D eigenvalue weighted by atomic mass is 9.79. The van der Waals surface area contributed by atoms with Crippen molar-refractivity contribution >= 4 is 61.5 Å². The van der Waals surface area contributed by atoms with Gasteiger partial charge in [-0.3, -0.25) is 4.99 Å². The highest BCUT2D eigenvalue weighted by Crippen LogP contribution is 2.42. The number of aliphatic imine (C=N–C) groups is 2. The first-order chi connectivity index (χ1) is 21.2. The van der Waals surface area contributed by atoms with E-state index in [4.69, 9.17) is 21.6 Å². The van der Waals surface area contributed by atoms with Crippen molar-refractivity contribution in [1.82, 2.24) is 0 Å². The molecule has 2 nitrogen and oxygen atoms in total. The standard InChI is InChI=1S/C40H25ClN2/c41-31-22-29(32-18-16-27-14-13-25-10-6-11-26-17-19-34(32)37(27)36(25)26)21-30(23-31)40-42-38(28-8-2-1-3-9-28)35-20-15-24-7-4-5-12-33(24)39(35)43-40/h1-23,35,39H. The Hall–Kier alpha value is -5.05. The highest BCUT2D eigenvalue weighted by molar-refractivity contribution is 6.32. The molecule has 0 spiro atoms. The van der Waals surface area contributed by atoms with E-state index in [9.17, 15) is 0 Å². The fraction of sp³-hybridized carbons (Fsp3) is 0.0500. The molecule has 9 rings (SSSR count). The van der Waals surface area contributed by atoms with Crippen LogP contribution in [0, 0.1) is 5.92 Å². The average Bonchev–Trinajstić information content (AvgIpc) is 3.06. The predicted molar refractivity (Wildman–Crippen MR) is 182 cm³/mol. The second-order valence-electron chi connectivity index (χ2n) is 11.5. The summed E-state index contributed by atoms with van der Waals surface area (Å²) in [7, 11) is 0. The van der Waals surface area contributed by atoms with E-state index in [0.717, 1.165) is 28.0 Å². The third-order valence-electron chi connectivity index (χ3n) is 9.01. The molecule has 2 unspecified atom stereocenters. The molecule has 2 aliphatic rings. The number of rotatable bonds is 3. The highest BCUT2D eigenvalue weighted by atomic mass is 35.5. The van der Waals surface area contributed by atoms with Crippen molar-refractivity contribution in [3.05, 3.63) is 161 Å². The molecule has 2 atom stereocenters. The van der Waals surface area contributed by atoms with Gasteiger partial charge in [-0.2, -0.15) is 0 Å². The van der Waals surface area contributed by atoms with Gasteiger partial charge in [0.1, 0.15) is 0 Å². The summed E-state index contributed by atoms with van der Waals surface area (Å²) in [4.78, 5) is 10.6. The van der Waals surface area contributed by atoms with Crippen LogP contribution in [0.15, 0.2) is 143 Å². The molecule has 0 amide bonds. The van der Waals surface area contributed by atoms with Crippen molar-refractivity contribution < 1.29 is 0 Å². The number of benzene rings is 7. The monoisotopic (exact) mass is 568 g/mol. The van der Waals surface area contributed by atoms with E-state index in [1.165, 1.54) is 43.4 Å². The molecule has 1 aliphatic carbocycles. The molecule has 7 aromatic carbocycles. The lowest BCUT2D eigenvalue weighted by molar-refractivity contribution is 0.634. The Morgan fingerprint density at radius 2 is 1.30 bits per heavy atom. The van der Waals surface area contributed by atoms with E-state index in [-0.39, 0.29) is 12.0 Å². The van der Waals surface area contributed by atoms with Gasteiger partial charge in [0.05, 0.1) is 11.8 Å². The first kappa shape index (κ1) is 24.5. The van der Waals surface area contributed by atoms with E-state index in [0.29, 0.717) is 10.9 Å². The molecule has 7 aromatic rings. The Morgan fingerprint density at radius 3 is 2.16 bits per heavy atom. The lowest BCUT2D eigenvalue weighted by Crippen LogP contribution is -2.29. The highest BCUT2D eigenvalue weighted by Gasteiger charge is 2.34. The molecule has 0 bridgehead atoms. The van der Waals surface area contributed by atoms with E-state index in [1.807, 2.05) is 12.1 Å². The summed E-state index contributed by atoms with van der Waals surface area (Å²) in [5, 5.41) is 8.26. The number of amidine groups is 1. The molecule has 202 valence electrons. The molecule has 3 heteroatoms. The van der Waals surface area contributed by atoms with Crippen molar-refractivity contribution in [3.8, 4) is 11.1 Å². The Bertz CT molecular complexity index is 2300. The molecule has 0 N–H and O–H groups in total. The molecular weight excluding hydrogens is 544 g/mol. The molecule has 0 aromatic heterocycles. The van der Waals surface area contributed by atoms with Crippen molar-refractivity contribution in [3.63, 3.8) is 0 Å². The van der Waals surface area contributed by atoms with Crippen molar-refractivity contribution in [2.45, 2.75) is 6.04 Å². The zero-order valence-electron chi connectivity index (χ0n) is 23.2. The maximum absolute atomic E-state index is 6.88. The summed E-state index contributed by atoms with van der Waals surface area (Å²) in [6, 6.07) is 45.1. The van der Waals surface area contributed by atoms with Gasteiger partial charge in [0.25, 0.3) is 0 Å². The normalized spacial score (nSPS) is 17.6. The van der Waals surface area contributed by atoms with Gasteiger partial charge in [-0.05, 0) is 78.3 Å². The molecule has 0 radical (unpaired) electrons. The summed E-state index contributed by atoms with van der Waals surface area (Å²) < 4.78 is 0. The Morgan fingerprint density at radius 1 is 0.581 bits per heavy atom. The van der Waals surface area contributed by atoms with Crippen LogP contribution in [0.5, 0.6) is 0 Å². The number of hydrogen-bond acceptors (Lipinski definition) is 2. The maximum atomic E-state index is 6.88. The van der Waals surface area contributed by atoms with Gasteiger partial charge < -0.3 is 0 Å². The van der Waals surface area contributed by atoms with Crippen molar-refractivity contribution in [2.24, 2.45) is 15.9 Å². The molecular formula is C40H25ClN2. The number of fused-ring (bicyclic) bond motifs is 3. The molecule has 1 aliphatic heterocycles. The van der Waals surface area contributed by atoms with Crippen LogP contribution in [0.25, 0.3) is 49.5 Å². The third-order valence-corrected chi connectivity index (χ3v) is 9.22. The van der Waals surface area contributed by atoms with Crippen molar-refractivity contribution in [2.75, 3.05) is 0 Å². The summed E-state index contributed by atoms with van der Waals surface area (Å²) >= 11 is 6.88. The number of nitrogens with zero attached hydrogens (tertiary/aromatic N) is 2. The van der Waals surface area contributed by atoms with Crippen LogP contribution in [0.4, 0.5) is 0 Å². The van der Waals surface area contributed by atoms with E-state index < -0.39 is 0 Å². The minimum absolute atomic E-state index is 0.0547. The molecule has 43 heavy (non-hydrogen) atoms. The zero-order chi connectivity index (χ0) is 28.5. The maximum Gasteiger partial charge on any atom is 0.155 e. The molecule has 0 saturated heterocycles. The van der Waals surface area contributed by atoms with Crippen LogP contribution >= 0.6 is 11.6 Å². The smallest absolute Gasteiger partial charge is 0.155 e. The van der Waals surface area contributed by atoms with Gasteiger partial charge in [0.2, 0.25) is 0 Å². The van der Waals surface area contributed by atoms with Gasteiger partial charge >= 0.3 is 0 Å². The van der Waals surface area contributed by atoms with Crippen LogP contribution in [-0.4, -0.2) is 11.5 Å². The van der Waals surface area contributed by atoms with Gasteiger partial charge in [-0.1, -0.05) is 133 Å². The van der Waals surface area contributed by atoms with Crippen LogP contribution in [0.2, 0.25) is 5.02 Å². The molecule has 1 heterocycles. The quantitative estimate of drug-likeness (QED) is 0.189. The predicted octanol–water partition coefficient (Wildman–Crippen LogP) is 10.5. The van der Waals surface area contributed by atoms with E-state index >= 15 is 0 Å². The van der Waals surface area contributed by atoms with Gasteiger partial charge in [-0.25, -0.2) is 4.99 Å². The lowest BCUT2D eigenvalue weighted by Gasteiger charge is -2.32. The minimum Gasteiger partial charge on any atom is -0.257 e. The van der Waals surface area contributed by atoms with Crippen LogP contribution in [0.3, 0.4) is 0 Å². The van der Waals surface area contributed by atoms with Crippen molar-refractivity contribution in [1.29, 1.82) is 0 Å². The largest absolute Gasteiger partial charge is 0.257 e. The van der Waals surface area contributed by atoms with Gasteiger partial charge in [-0.15, -0.1) is 0 Å². The fourth-order valence-electron chi connectivity index (χ4n) is 7.04. The Kier molecular flexibility index (Phi) is 5.41. The second-order valence-corrected chi connectivity index (χ2v) is 11.9. The van der Waals surface area contributed by atoms with Crippen LogP contribution < -0.4 is 0 Å². The Labute approximate surface area is 254 Å². The first-order valence-corrected chi connectivity index (χ1v) is 15.1. The zero-order valence-corrected chi connectivity index (χ0v) is 24.0. The number of halogens is 1. The van der Waals surface area contributed by atoms with E-state index in [1.54, 1.807) is 0 Å². The van der Waals surface area contributed by atoms with Crippen LogP contribution in [-0.2, 0) is 0 Å². The SMILES string of the molecule is Clc1cc(C2=NC3c4ccccc4C=CC3C(c3ccccc3)=N2)cc(-c2ccc3ccc4cccc5ccc2c3c45)c1. The summed E-state index contributed by atoms with van der Waals surface area (Å²) in [5.74, 6) is 0.781. The Balaban J connectivity index is 1.24. The fourth-order valence-corrected chi connectivity index (χ4v) is 7.28. The topological polar surface area (TPSA) is 24.7 Å². The third kappa shape index (κ3) is 3.87. The minimum atomic E-state index is -0.0547. The number of hydrogen-bond donors (Lipinski definition) is 0. The van der Waals surface area contributed by atoms with Gasteiger partial charge in [0, 0.05) is 16.5 Å².